The molecule has 0 bridgehead atoms. The number of halogens is 1. The number of hydrogen-bond acceptors (Lipinski definition) is 5. The van der Waals surface area contributed by atoms with Gasteiger partial charge in [-0.15, -0.1) is 0 Å². The van der Waals surface area contributed by atoms with Crippen LogP contribution >= 0.6 is 0 Å². The van der Waals surface area contributed by atoms with Crippen molar-refractivity contribution in [2.75, 3.05) is 31.1 Å². The minimum Gasteiger partial charge on any atom is -0.477 e. The number of fused-ring (bicyclic) bond motifs is 1. The van der Waals surface area contributed by atoms with Crippen molar-refractivity contribution in [3.8, 4) is 11.1 Å². The molecule has 4 rings (SSSR count). The minimum atomic E-state index is -1.32. The van der Waals surface area contributed by atoms with Gasteiger partial charge in [0.1, 0.15) is 22.8 Å². The number of pyridine rings is 2. The van der Waals surface area contributed by atoms with Crippen molar-refractivity contribution in [2.24, 2.45) is 0 Å². The fourth-order valence-electron chi connectivity index (χ4n) is 3.29. The lowest BCUT2D eigenvalue weighted by Gasteiger charge is -2.30. The van der Waals surface area contributed by atoms with E-state index in [0.717, 1.165) is 19.3 Å². The fraction of sp³-hybridized carbons (Fsp3) is 0.211. The molecule has 0 unspecified atom stereocenters. The number of aromatic nitrogens is 2. The van der Waals surface area contributed by atoms with Crippen LogP contribution < -0.4 is 15.6 Å². The number of anilines is 1. The zero-order chi connectivity index (χ0) is 19.0. The third-order valence-corrected chi connectivity index (χ3v) is 4.66. The van der Waals surface area contributed by atoms with Crippen molar-refractivity contribution in [3.63, 3.8) is 0 Å². The largest absolute Gasteiger partial charge is 0.477 e. The molecule has 0 atom stereocenters. The van der Waals surface area contributed by atoms with Crippen LogP contribution in [0.2, 0.25) is 0 Å². The third kappa shape index (κ3) is 3.04. The van der Waals surface area contributed by atoms with E-state index in [-0.39, 0.29) is 16.6 Å². The van der Waals surface area contributed by atoms with Gasteiger partial charge in [-0.1, -0.05) is 18.2 Å². The summed E-state index contributed by atoms with van der Waals surface area (Å²) in [5.74, 6) is -1.19. The van der Waals surface area contributed by atoms with Gasteiger partial charge >= 0.3 is 5.97 Å². The van der Waals surface area contributed by atoms with E-state index in [4.69, 9.17) is 0 Å². The number of piperazine rings is 1. The van der Waals surface area contributed by atoms with E-state index in [9.17, 15) is 19.1 Å². The average Bonchev–Trinajstić information content (AvgIpc) is 2.68. The van der Waals surface area contributed by atoms with Gasteiger partial charge in [-0.2, -0.15) is 0 Å². The summed E-state index contributed by atoms with van der Waals surface area (Å²) in [4.78, 5) is 33.2. The molecule has 1 aliphatic heterocycles. The standard InChI is InChI=1S/C19H17FN4O3/c20-15-4-2-1-3-11(15)12-9-13-16(25)14(19(26)27)10-22-17(13)23-18(12)24-7-5-21-6-8-24/h1-4,9-10,21H,5-8H2,(H,26,27)(H,22,23,25). The van der Waals surface area contributed by atoms with Crippen LogP contribution in [-0.2, 0) is 0 Å². The lowest BCUT2D eigenvalue weighted by atomic mass is 10.0. The number of carboxylic acid groups (broad SMARTS) is 1. The average molecular weight is 368 g/mol. The van der Waals surface area contributed by atoms with Gasteiger partial charge in [0, 0.05) is 43.5 Å². The Hall–Kier alpha value is -3.26. The molecule has 3 heterocycles. The first-order valence-corrected chi connectivity index (χ1v) is 8.56. The molecule has 7 nitrogen and oxygen atoms in total. The molecule has 3 aromatic rings. The molecule has 1 aliphatic rings. The Bertz CT molecular complexity index is 1090. The highest BCUT2D eigenvalue weighted by Gasteiger charge is 2.22. The van der Waals surface area contributed by atoms with Crippen LogP contribution in [0.25, 0.3) is 22.2 Å². The van der Waals surface area contributed by atoms with Gasteiger partial charge < -0.3 is 20.3 Å². The van der Waals surface area contributed by atoms with Crippen molar-refractivity contribution in [1.82, 2.24) is 15.3 Å². The number of hydrogen-bond donors (Lipinski definition) is 3. The number of aromatic amines is 1. The van der Waals surface area contributed by atoms with Crippen LogP contribution in [0, 0.1) is 5.82 Å². The second-order valence-electron chi connectivity index (χ2n) is 6.31. The fourth-order valence-corrected chi connectivity index (χ4v) is 3.29. The Labute approximate surface area is 153 Å². The maximum absolute atomic E-state index is 14.5. The third-order valence-electron chi connectivity index (χ3n) is 4.66. The number of benzene rings is 1. The molecular weight excluding hydrogens is 351 g/mol. The first-order chi connectivity index (χ1) is 13.1. The number of H-pyrrole nitrogens is 1. The molecule has 0 saturated carbocycles. The number of carboxylic acids is 1. The second-order valence-corrected chi connectivity index (χ2v) is 6.31. The molecule has 1 fully saturated rings. The topological polar surface area (TPSA) is 98.3 Å². The van der Waals surface area contributed by atoms with Gasteiger partial charge in [0.15, 0.2) is 0 Å². The maximum Gasteiger partial charge on any atom is 0.341 e. The predicted octanol–water partition coefficient (Wildman–Crippen LogP) is 1.84. The Morgan fingerprint density at radius 2 is 1.93 bits per heavy atom. The number of carbonyl (C=O) groups is 1. The number of aromatic carboxylic acids is 1. The molecule has 1 aromatic carbocycles. The molecule has 0 aliphatic carbocycles. The van der Waals surface area contributed by atoms with E-state index in [1.165, 1.54) is 12.1 Å². The van der Waals surface area contributed by atoms with Crippen LogP contribution in [0.15, 0.2) is 41.3 Å². The summed E-state index contributed by atoms with van der Waals surface area (Å²) in [6.07, 6.45) is 1.14. The van der Waals surface area contributed by atoms with Gasteiger partial charge in [-0.05, 0) is 12.1 Å². The highest BCUT2D eigenvalue weighted by molar-refractivity contribution is 5.94. The highest BCUT2D eigenvalue weighted by atomic mass is 19.1. The van der Waals surface area contributed by atoms with Crippen molar-refractivity contribution >= 4 is 22.8 Å². The molecule has 0 spiro atoms. The minimum absolute atomic E-state index is 0.118. The summed E-state index contributed by atoms with van der Waals surface area (Å²) in [6, 6.07) is 7.80. The molecule has 3 N–H and O–H groups in total. The summed E-state index contributed by atoms with van der Waals surface area (Å²) in [5.41, 5.74) is 0.0432. The van der Waals surface area contributed by atoms with E-state index in [1.54, 1.807) is 18.2 Å². The Morgan fingerprint density at radius 1 is 1.19 bits per heavy atom. The van der Waals surface area contributed by atoms with Gasteiger partial charge in [0.25, 0.3) is 0 Å². The van der Waals surface area contributed by atoms with E-state index in [0.29, 0.717) is 30.0 Å². The molecule has 27 heavy (non-hydrogen) atoms. The van der Waals surface area contributed by atoms with Crippen LogP contribution in [0.3, 0.4) is 0 Å². The zero-order valence-corrected chi connectivity index (χ0v) is 14.3. The Morgan fingerprint density at radius 3 is 2.63 bits per heavy atom. The molecular formula is C19H17FN4O3. The van der Waals surface area contributed by atoms with Crippen LogP contribution in [0.1, 0.15) is 10.4 Å². The second kappa shape index (κ2) is 6.81. The summed E-state index contributed by atoms with van der Waals surface area (Å²) < 4.78 is 14.5. The van der Waals surface area contributed by atoms with Crippen molar-refractivity contribution in [3.05, 3.63) is 58.1 Å². The number of nitrogens with zero attached hydrogens (tertiary/aromatic N) is 2. The van der Waals surface area contributed by atoms with Crippen LogP contribution in [0.4, 0.5) is 10.2 Å². The highest BCUT2D eigenvalue weighted by Crippen LogP contribution is 2.33. The van der Waals surface area contributed by atoms with Gasteiger partial charge in [-0.3, -0.25) is 4.79 Å². The lowest BCUT2D eigenvalue weighted by Crippen LogP contribution is -2.44. The maximum atomic E-state index is 14.5. The Balaban J connectivity index is 2.01. The summed E-state index contributed by atoms with van der Waals surface area (Å²) in [6.45, 7) is 2.92. The van der Waals surface area contributed by atoms with Crippen LogP contribution in [-0.4, -0.2) is 47.2 Å². The molecule has 2 aromatic heterocycles. The van der Waals surface area contributed by atoms with Crippen molar-refractivity contribution < 1.29 is 14.3 Å². The SMILES string of the molecule is O=C(O)c1c[nH]c2nc(N3CCNCC3)c(-c3ccccc3F)cc2c1=O. The van der Waals surface area contributed by atoms with E-state index in [2.05, 4.69) is 15.3 Å². The smallest absolute Gasteiger partial charge is 0.341 e. The first-order valence-electron chi connectivity index (χ1n) is 8.56. The van der Waals surface area contributed by atoms with Crippen molar-refractivity contribution in [1.29, 1.82) is 0 Å². The van der Waals surface area contributed by atoms with E-state index < -0.39 is 17.2 Å². The van der Waals surface area contributed by atoms with E-state index >= 15 is 0 Å². The molecule has 0 amide bonds. The normalized spacial score (nSPS) is 14.5. The lowest BCUT2D eigenvalue weighted by molar-refractivity contribution is 0.0695. The molecule has 8 heteroatoms. The van der Waals surface area contributed by atoms with Crippen molar-refractivity contribution in [2.45, 2.75) is 0 Å². The summed E-state index contributed by atoms with van der Waals surface area (Å²) in [7, 11) is 0. The monoisotopic (exact) mass is 368 g/mol. The van der Waals surface area contributed by atoms with Gasteiger partial charge in [0.05, 0.1) is 5.39 Å². The van der Waals surface area contributed by atoms with Gasteiger partial charge in [0.2, 0.25) is 5.43 Å². The Kier molecular flexibility index (Phi) is 4.33. The molecule has 138 valence electrons. The number of nitrogens with one attached hydrogen (secondary N) is 2. The molecule has 0 radical (unpaired) electrons. The van der Waals surface area contributed by atoms with Crippen LogP contribution in [0.5, 0.6) is 0 Å². The van der Waals surface area contributed by atoms with Gasteiger partial charge in [-0.25, -0.2) is 14.2 Å². The van der Waals surface area contributed by atoms with E-state index in [1.807, 2.05) is 4.90 Å². The predicted molar refractivity (Wildman–Crippen MR) is 99.8 cm³/mol. The molecule has 1 saturated heterocycles. The summed E-state index contributed by atoms with van der Waals surface area (Å²) in [5, 5.41) is 12.6. The summed E-state index contributed by atoms with van der Waals surface area (Å²) >= 11 is 0. The number of rotatable bonds is 3. The first kappa shape index (κ1) is 17.2. The zero-order valence-electron chi connectivity index (χ0n) is 14.3. The quantitative estimate of drug-likeness (QED) is 0.653.